The molecule has 0 unspecified atom stereocenters. The van der Waals surface area contributed by atoms with Crippen LogP contribution in [0.1, 0.15) is 53.5 Å². The molecule has 7 heteroatoms. The molecule has 0 saturated heterocycles. The van der Waals surface area contributed by atoms with Gasteiger partial charge in [-0.15, -0.1) is 0 Å². The standard InChI is InChI=1S/C23H25N3O4/c1-2-3-4-7-14-30-18-12-10-16(11-13-18)21(27)25-26-23(29)20-15-17-8-5-6-9-19(17)22(28)24-20/h5-6,8-13,15H,2-4,7,14H2,1H3,(H,24,28)(H,25,27)(H,26,29). The normalized spacial score (nSPS) is 10.6. The van der Waals surface area contributed by atoms with Gasteiger partial charge in [0.25, 0.3) is 17.4 Å². The van der Waals surface area contributed by atoms with Crippen molar-refractivity contribution in [2.45, 2.75) is 32.6 Å². The molecule has 0 spiro atoms. The molecule has 0 saturated carbocycles. The fraction of sp³-hybridized carbons (Fsp3) is 0.261. The van der Waals surface area contributed by atoms with Crippen molar-refractivity contribution in [1.29, 1.82) is 0 Å². The van der Waals surface area contributed by atoms with E-state index in [0.717, 1.165) is 12.8 Å². The Balaban J connectivity index is 1.54. The summed E-state index contributed by atoms with van der Waals surface area (Å²) in [7, 11) is 0. The number of benzene rings is 2. The Kier molecular flexibility index (Phi) is 7.21. The van der Waals surface area contributed by atoms with Crippen molar-refractivity contribution in [2.24, 2.45) is 0 Å². The largest absolute Gasteiger partial charge is 0.494 e. The number of ether oxygens (including phenoxy) is 1. The summed E-state index contributed by atoms with van der Waals surface area (Å²) in [5.41, 5.74) is 4.74. The molecule has 3 N–H and O–H groups in total. The molecule has 0 aliphatic heterocycles. The van der Waals surface area contributed by atoms with E-state index >= 15 is 0 Å². The van der Waals surface area contributed by atoms with E-state index < -0.39 is 11.8 Å². The van der Waals surface area contributed by atoms with Crippen molar-refractivity contribution in [3.05, 3.63) is 76.2 Å². The van der Waals surface area contributed by atoms with E-state index in [1.54, 1.807) is 54.6 Å². The Labute approximate surface area is 174 Å². The number of nitrogens with one attached hydrogen (secondary N) is 3. The van der Waals surface area contributed by atoms with Crippen LogP contribution in [0.25, 0.3) is 10.8 Å². The first-order valence-electron chi connectivity index (χ1n) is 10.0. The predicted octanol–water partition coefficient (Wildman–Crippen LogP) is 3.56. The van der Waals surface area contributed by atoms with E-state index in [4.69, 9.17) is 4.74 Å². The van der Waals surface area contributed by atoms with Gasteiger partial charge in [0.15, 0.2) is 0 Å². The Morgan fingerprint density at radius 2 is 1.67 bits per heavy atom. The van der Waals surface area contributed by atoms with E-state index in [0.29, 0.717) is 28.7 Å². The highest BCUT2D eigenvalue weighted by Crippen LogP contribution is 2.13. The molecule has 30 heavy (non-hydrogen) atoms. The number of aromatic nitrogens is 1. The topological polar surface area (TPSA) is 100 Å². The highest BCUT2D eigenvalue weighted by atomic mass is 16.5. The summed E-state index contributed by atoms with van der Waals surface area (Å²) >= 11 is 0. The zero-order chi connectivity index (χ0) is 21.3. The van der Waals surface area contributed by atoms with E-state index in [-0.39, 0.29) is 11.3 Å². The van der Waals surface area contributed by atoms with Gasteiger partial charge in [0.2, 0.25) is 0 Å². The Morgan fingerprint density at radius 3 is 2.43 bits per heavy atom. The van der Waals surface area contributed by atoms with Crippen LogP contribution in [-0.4, -0.2) is 23.4 Å². The summed E-state index contributed by atoms with van der Waals surface area (Å²) in [6.45, 7) is 2.81. The Morgan fingerprint density at radius 1 is 0.933 bits per heavy atom. The minimum Gasteiger partial charge on any atom is -0.494 e. The Bertz CT molecular complexity index is 1070. The second-order valence-electron chi connectivity index (χ2n) is 6.94. The molecule has 2 amide bonds. The maximum absolute atomic E-state index is 12.3. The van der Waals surface area contributed by atoms with Crippen molar-refractivity contribution < 1.29 is 14.3 Å². The van der Waals surface area contributed by atoms with E-state index in [9.17, 15) is 14.4 Å². The number of unbranched alkanes of at least 4 members (excludes halogenated alkanes) is 3. The molecule has 0 aliphatic carbocycles. The monoisotopic (exact) mass is 407 g/mol. The van der Waals surface area contributed by atoms with Crippen LogP contribution >= 0.6 is 0 Å². The van der Waals surface area contributed by atoms with Gasteiger partial charge in [-0.2, -0.15) is 0 Å². The van der Waals surface area contributed by atoms with Crippen LogP contribution in [0, 0.1) is 0 Å². The molecular formula is C23H25N3O4. The first-order valence-corrected chi connectivity index (χ1v) is 10.0. The number of hydrazine groups is 1. The second-order valence-corrected chi connectivity index (χ2v) is 6.94. The predicted molar refractivity (Wildman–Crippen MR) is 116 cm³/mol. The lowest BCUT2D eigenvalue weighted by atomic mass is 10.1. The van der Waals surface area contributed by atoms with Crippen molar-refractivity contribution in [3.63, 3.8) is 0 Å². The highest BCUT2D eigenvalue weighted by molar-refractivity contribution is 5.99. The molecule has 0 radical (unpaired) electrons. The van der Waals surface area contributed by atoms with Crippen LogP contribution in [0.5, 0.6) is 5.75 Å². The molecule has 156 valence electrons. The quantitative estimate of drug-likeness (QED) is 0.393. The summed E-state index contributed by atoms with van der Waals surface area (Å²) in [6.07, 6.45) is 4.51. The zero-order valence-electron chi connectivity index (χ0n) is 16.9. The fourth-order valence-electron chi connectivity index (χ4n) is 3.01. The number of carbonyl (C=O) groups excluding carboxylic acids is 2. The molecular weight excluding hydrogens is 382 g/mol. The average Bonchev–Trinajstić information content (AvgIpc) is 2.77. The first-order chi connectivity index (χ1) is 14.6. The molecule has 3 aromatic rings. The van der Waals surface area contributed by atoms with Gasteiger partial charge in [0.05, 0.1) is 6.61 Å². The number of hydrogen-bond acceptors (Lipinski definition) is 4. The molecule has 1 heterocycles. The van der Waals surface area contributed by atoms with Gasteiger partial charge in [-0.25, -0.2) is 0 Å². The lowest BCUT2D eigenvalue weighted by Gasteiger charge is -2.09. The second kappa shape index (κ2) is 10.2. The average molecular weight is 407 g/mol. The third-order valence-corrected chi connectivity index (χ3v) is 4.67. The van der Waals surface area contributed by atoms with Gasteiger partial charge in [0, 0.05) is 10.9 Å². The molecule has 1 aromatic heterocycles. The minimum absolute atomic E-state index is 0.0609. The van der Waals surface area contributed by atoms with Crippen molar-refractivity contribution >= 4 is 22.6 Å². The zero-order valence-corrected chi connectivity index (χ0v) is 16.9. The van der Waals surface area contributed by atoms with Crippen molar-refractivity contribution in [2.75, 3.05) is 6.61 Å². The number of H-pyrrole nitrogens is 1. The van der Waals surface area contributed by atoms with Gasteiger partial charge in [-0.3, -0.25) is 25.2 Å². The first kappa shape index (κ1) is 21.1. The smallest absolute Gasteiger partial charge is 0.286 e. The summed E-state index contributed by atoms with van der Waals surface area (Å²) < 4.78 is 5.65. The Hall–Kier alpha value is -3.61. The summed E-state index contributed by atoms with van der Waals surface area (Å²) in [5.74, 6) is -0.389. The number of aromatic amines is 1. The lowest BCUT2D eigenvalue weighted by Crippen LogP contribution is -2.42. The van der Waals surface area contributed by atoms with Crippen molar-refractivity contribution in [3.8, 4) is 5.75 Å². The van der Waals surface area contributed by atoms with Crippen LogP contribution in [0.2, 0.25) is 0 Å². The van der Waals surface area contributed by atoms with Crippen LogP contribution in [0.3, 0.4) is 0 Å². The summed E-state index contributed by atoms with van der Waals surface area (Å²) in [4.78, 5) is 39.2. The SMILES string of the molecule is CCCCCCOc1ccc(C(=O)NNC(=O)c2cc3ccccc3c(=O)[nH]2)cc1. The molecule has 0 bridgehead atoms. The molecule has 0 fully saturated rings. The number of fused-ring (bicyclic) bond motifs is 1. The number of pyridine rings is 1. The molecule has 0 aliphatic rings. The molecule has 2 aromatic carbocycles. The van der Waals surface area contributed by atoms with Crippen LogP contribution in [-0.2, 0) is 0 Å². The lowest BCUT2D eigenvalue weighted by molar-refractivity contribution is 0.0844. The number of amides is 2. The molecule has 0 atom stereocenters. The van der Waals surface area contributed by atoms with Gasteiger partial charge in [-0.1, -0.05) is 44.4 Å². The maximum atomic E-state index is 12.3. The highest BCUT2D eigenvalue weighted by Gasteiger charge is 2.12. The van der Waals surface area contributed by atoms with Gasteiger partial charge < -0.3 is 9.72 Å². The number of rotatable bonds is 8. The summed E-state index contributed by atoms with van der Waals surface area (Å²) in [5, 5.41) is 1.13. The fourth-order valence-corrected chi connectivity index (χ4v) is 3.01. The molecule has 3 rings (SSSR count). The maximum Gasteiger partial charge on any atom is 0.286 e. The van der Waals surface area contributed by atoms with Gasteiger partial charge in [-0.05, 0) is 48.2 Å². The van der Waals surface area contributed by atoms with Crippen LogP contribution in [0.4, 0.5) is 0 Å². The number of hydrogen-bond donors (Lipinski definition) is 3. The van der Waals surface area contributed by atoms with Crippen LogP contribution < -0.4 is 21.1 Å². The third kappa shape index (κ3) is 5.47. The van der Waals surface area contributed by atoms with E-state index in [1.165, 1.54) is 12.8 Å². The molecule has 7 nitrogen and oxygen atoms in total. The van der Waals surface area contributed by atoms with Gasteiger partial charge >= 0.3 is 0 Å². The third-order valence-electron chi connectivity index (χ3n) is 4.67. The van der Waals surface area contributed by atoms with E-state index in [2.05, 4.69) is 22.8 Å². The van der Waals surface area contributed by atoms with Crippen LogP contribution in [0.15, 0.2) is 59.4 Å². The van der Waals surface area contributed by atoms with Crippen molar-refractivity contribution in [1.82, 2.24) is 15.8 Å². The summed E-state index contributed by atoms with van der Waals surface area (Å²) in [6, 6.07) is 15.2. The number of carbonyl (C=O) groups is 2. The van der Waals surface area contributed by atoms with Gasteiger partial charge in [0.1, 0.15) is 11.4 Å². The van der Waals surface area contributed by atoms with E-state index in [1.807, 2.05) is 0 Å². The minimum atomic E-state index is -0.613.